The van der Waals surface area contributed by atoms with Gasteiger partial charge in [0.1, 0.15) is 24.5 Å². The van der Waals surface area contributed by atoms with Gasteiger partial charge in [0.15, 0.2) is 5.84 Å². The Morgan fingerprint density at radius 2 is 2.10 bits per heavy atom. The molecule has 3 aliphatic heterocycles. The van der Waals surface area contributed by atoms with Crippen LogP contribution in [0.5, 0.6) is 0 Å². The van der Waals surface area contributed by atoms with Gasteiger partial charge < -0.3 is 30.2 Å². The van der Waals surface area contributed by atoms with E-state index in [2.05, 4.69) is 20.3 Å². The topological polar surface area (TPSA) is 119 Å². The van der Waals surface area contributed by atoms with Crippen LogP contribution in [0.4, 0.5) is 4.39 Å². The normalized spacial score (nSPS) is 46.6. The summed E-state index contributed by atoms with van der Waals surface area (Å²) in [6, 6.07) is 0. The van der Waals surface area contributed by atoms with Crippen molar-refractivity contribution >= 4 is 35.4 Å². The van der Waals surface area contributed by atoms with Crippen LogP contribution in [0.1, 0.15) is 25.7 Å². The van der Waals surface area contributed by atoms with Crippen LogP contribution < -0.4 is 5.32 Å². The van der Waals surface area contributed by atoms with Crippen molar-refractivity contribution in [3.8, 4) is 0 Å². The van der Waals surface area contributed by atoms with Gasteiger partial charge in [0.25, 0.3) is 6.86 Å². The highest BCUT2D eigenvalue weighted by atomic mass is 35.5. The number of rotatable bonds is 5. The van der Waals surface area contributed by atoms with Gasteiger partial charge in [0, 0.05) is 11.9 Å². The number of nitrogens with one attached hydrogen (secondary N) is 1. The van der Waals surface area contributed by atoms with Gasteiger partial charge in [-0.15, -0.1) is 23.2 Å². The summed E-state index contributed by atoms with van der Waals surface area (Å²) in [5.74, 6) is -0.0000639. The minimum absolute atomic E-state index is 0.138. The van der Waals surface area contributed by atoms with E-state index in [1.165, 1.54) is 6.34 Å². The Balaban J connectivity index is 1.44. The molecule has 0 spiro atoms. The number of aliphatic imine (C=N–C) groups is 1. The van der Waals surface area contributed by atoms with Crippen LogP contribution in [-0.4, -0.2) is 93.4 Å². The summed E-state index contributed by atoms with van der Waals surface area (Å²) in [5, 5.41) is 38.6. The fourth-order valence-corrected chi connectivity index (χ4v) is 5.55. The van der Waals surface area contributed by atoms with Crippen LogP contribution in [0.2, 0.25) is 0 Å². The predicted octanol–water partition coefficient (Wildman–Crippen LogP) is 0.345. The number of nitrogens with zero attached hydrogens (tertiary/aromatic N) is 3. The van der Waals surface area contributed by atoms with E-state index >= 15 is 0 Å². The molecule has 9 nitrogen and oxygen atoms in total. The van der Waals surface area contributed by atoms with E-state index in [1.807, 2.05) is 4.90 Å². The van der Waals surface area contributed by atoms with Crippen LogP contribution in [0.3, 0.4) is 0 Å². The molecule has 3 fully saturated rings. The molecule has 0 bridgehead atoms. The molecule has 30 heavy (non-hydrogen) atoms. The third kappa shape index (κ3) is 4.15. The molecule has 10 atom stereocenters. The van der Waals surface area contributed by atoms with E-state index < -0.39 is 37.5 Å². The Labute approximate surface area is 183 Å². The van der Waals surface area contributed by atoms with Crippen molar-refractivity contribution in [2.45, 2.75) is 73.2 Å². The lowest BCUT2D eigenvalue weighted by atomic mass is 9.81. The molecule has 0 aromatic heterocycles. The summed E-state index contributed by atoms with van der Waals surface area (Å²) in [6.07, 6.45) is -1.56. The number of hydrogen-bond acceptors (Lipinski definition) is 8. The highest BCUT2D eigenvalue weighted by Gasteiger charge is 2.54. The Morgan fingerprint density at radius 3 is 2.83 bits per heavy atom. The summed E-state index contributed by atoms with van der Waals surface area (Å²) in [7, 11) is 0. The Kier molecular flexibility index (Phi) is 7.03. The Morgan fingerprint density at radius 1 is 1.30 bits per heavy atom. The number of ether oxygens (including phenoxy) is 1. The SMILES string of the molecule is O[C@@H]1[C@H](O)[C@@H]([C@H](O)C2CCC(Cl)C(Cl)C2)O[C@H]1N1CCC2/C(=N\OCF)N=CNC21. The van der Waals surface area contributed by atoms with Crippen molar-refractivity contribution < 1.29 is 29.3 Å². The average Bonchev–Trinajstić information content (AvgIpc) is 3.30. The van der Waals surface area contributed by atoms with Crippen LogP contribution in [0, 0.1) is 11.8 Å². The predicted molar refractivity (Wildman–Crippen MR) is 108 cm³/mol. The number of alkyl halides is 3. The quantitative estimate of drug-likeness (QED) is 0.339. The lowest BCUT2D eigenvalue weighted by molar-refractivity contribution is -0.133. The van der Waals surface area contributed by atoms with Crippen molar-refractivity contribution in [3.05, 3.63) is 0 Å². The summed E-state index contributed by atoms with van der Waals surface area (Å²) in [4.78, 5) is 10.5. The van der Waals surface area contributed by atoms with Gasteiger partial charge >= 0.3 is 0 Å². The van der Waals surface area contributed by atoms with Gasteiger partial charge in [-0.2, -0.15) is 0 Å². The molecule has 12 heteroatoms. The second-order valence-corrected chi connectivity index (χ2v) is 9.38. The minimum atomic E-state index is -1.24. The van der Waals surface area contributed by atoms with Crippen LogP contribution in [0.25, 0.3) is 0 Å². The van der Waals surface area contributed by atoms with E-state index in [-0.39, 0.29) is 28.8 Å². The summed E-state index contributed by atoms with van der Waals surface area (Å²) in [5.41, 5.74) is 0. The molecule has 4 rings (SSSR count). The summed E-state index contributed by atoms with van der Waals surface area (Å²) >= 11 is 12.4. The lowest BCUT2D eigenvalue weighted by Gasteiger charge is -2.36. The molecule has 3 heterocycles. The number of aliphatic hydroxyl groups excluding tert-OH is 3. The largest absolute Gasteiger partial charge is 0.390 e. The van der Waals surface area contributed by atoms with Gasteiger partial charge in [0.05, 0.1) is 29.9 Å². The van der Waals surface area contributed by atoms with Gasteiger partial charge in [0.2, 0.25) is 0 Å². The molecular formula is C18H27Cl2FN4O5. The first-order valence-electron chi connectivity index (χ1n) is 10.2. The minimum Gasteiger partial charge on any atom is -0.390 e. The molecule has 0 amide bonds. The van der Waals surface area contributed by atoms with Crippen molar-refractivity contribution in [2.24, 2.45) is 22.0 Å². The zero-order valence-electron chi connectivity index (χ0n) is 16.2. The van der Waals surface area contributed by atoms with Crippen LogP contribution in [0.15, 0.2) is 10.1 Å². The van der Waals surface area contributed by atoms with Crippen molar-refractivity contribution in [3.63, 3.8) is 0 Å². The van der Waals surface area contributed by atoms with Crippen molar-refractivity contribution in [1.29, 1.82) is 0 Å². The molecule has 5 unspecified atom stereocenters. The van der Waals surface area contributed by atoms with Crippen LogP contribution in [-0.2, 0) is 9.57 Å². The molecular weight excluding hydrogens is 442 g/mol. The van der Waals surface area contributed by atoms with E-state index in [0.717, 1.165) is 0 Å². The zero-order valence-corrected chi connectivity index (χ0v) is 17.7. The molecule has 0 aromatic rings. The number of likely N-dealkylation sites (tertiary alicyclic amines) is 1. The number of aliphatic hydroxyl groups is 3. The summed E-state index contributed by atoms with van der Waals surface area (Å²) in [6.45, 7) is -0.517. The van der Waals surface area contributed by atoms with E-state index in [4.69, 9.17) is 27.9 Å². The number of hydrogen-bond donors (Lipinski definition) is 4. The first-order chi connectivity index (χ1) is 14.4. The fourth-order valence-electron chi connectivity index (χ4n) is 4.97. The molecule has 0 radical (unpaired) electrons. The van der Waals surface area contributed by atoms with Gasteiger partial charge in [-0.25, -0.2) is 9.38 Å². The first-order valence-corrected chi connectivity index (χ1v) is 11.1. The highest BCUT2D eigenvalue weighted by molar-refractivity contribution is 6.30. The molecule has 4 aliphatic rings. The molecule has 1 aliphatic carbocycles. The smallest absolute Gasteiger partial charge is 0.255 e. The van der Waals surface area contributed by atoms with Gasteiger partial charge in [-0.3, -0.25) is 4.90 Å². The molecule has 0 aromatic carbocycles. The Bertz CT molecular complexity index is 676. The fraction of sp³-hybridized carbons (Fsp3) is 0.889. The Hall–Kier alpha value is -0.750. The molecule has 2 saturated heterocycles. The maximum Gasteiger partial charge on any atom is 0.255 e. The number of fused-ring (bicyclic) bond motifs is 1. The first kappa shape index (κ1) is 22.4. The maximum absolute atomic E-state index is 12.3. The van der Waals surface area contributed by atoms with E-state index in [9.17, 15) is 19.7 Å². The third-order valence-corrected chi connectivity index (χ3v) is 7.71. The zero-order chi connectivity index (χ0) is 21.4. The van der Waals surface area contributed by atoms with Gasteiger partial charge in [-0.05, 0) is 31.6 Å². The monoisotopic (exact) mass is 468 g/mol. The van der Waals surface area contributed by atoms with E-state index in [1.54, 1.807) is 0 Å². The van der Waals surface area contributed by atoms with Crippen molar-refractivity contribution in [2.75, 3.05) is 13.4 Å². The van der Waals surface area contributed by atoms with Crippen molar-refractivity contribution in [1.82, 2.24) is 10.2 Å². The third-order valence-electron chi connectivity index (χ3n) is 6.57. The molecule has 4 N–H and O–H groups in total. The average molecular weight is 469 g/mol. The second-order valence-electron chi connectivity index (χ2n) is 8.26. The van der Waals surface area contributed by atoms with Gasteiger partial charge in [-0.1, -0.05) is 5.16 Å². The highest BCUT2D eigenvalue weighted by Crippen LogP contribution is 2.39. The number of oxime groups is 1. The lowest BCUT2D eigenvalue weighted by Crippen LogP contribution is -2.55. The van der Waals surface area contributed by atoms with E-state index in [0.29, 0.717) is 38.1 Å². The molecule has 170 valence electrons. The second kappa shape index (κ2) is 9.40. The standard InChI is InChI=1S/C18H27Cl2FN4O5/c19-10-2-1-8(5-11(10)20)12(26)15-13(27)14(28)18(30-15)25-4-3-9-16(24-29-6-21)22-7-23-17(9)25/h7-15,17-18,26-28H,1-6H2,(H,22,23,24)/t8?,9?,10?,11?,12-,13+,14-,15-,17?,18-/m1/s1. The number of amidine groups is 1. The molecule has 1 saturated carbocycles. The van der Waals surface area contributed by atoms with Crippen LogP contribution >= 0.6 is 23.2 Å². The summed E-state index contributed by atoms with van der Waals surface area (Å²) < 4.78 is 18.3. The number of halogens is 3. The maximum atomic E-state index is 12.3.